The number of ether oxygens (including phenoxy) is 2. The fourth-order valence-electron chi connectivity index (χ4n) is 4.95. The fraction of sp³-hybridized carbons (Fsp3) is 0.343. The fourth-order valence-corrected chi connectivity index (χ4v) is 6.66. The number of amides is 1. The summed E-state index contributed by atoms with van der Waals surface area (Å²) in [4.78, 5) is 13.6. The Labute approximate surface area is 280 Å². The molecule has 1 unspecified atom stereocenters. The van der Waals surface area contributed by atoms with Crippen molar-refractivity contribution in [3.63, 3.8) is 0 Å². The van der Waals surface area contributed by atoms with Crippen molar-refractivity contribution in [3.8, 4) is 17.2 Å². The second-order valence-corrected chi connectivity index (χ2v) is 15.9. The predicted molar refractivity (Wildman–Crippen MR) is 181 cm³/mol. The summed E-state index contributed by atoms with van der Waals surface area (Å²) < 4.78 is 40.0. The van der Waals surface area contributed by atoms with E-state index in [-0.39, 0.29) is 21.1 Å². The van der Waals surface area contributed by atoms with Crippen LogP contribution in [0.4, 0.5) is 0 Å². The van der Waals surface area contributed by atoms with Crippen LogP contribution in [-0.4, -0.2) is 45.8 Å². The van der Waals surface area contributed by atoms with Crippen molar-refractivity contribution in [2.75, 3.05) is 0 Å². The zero-order chi connectivity index (χ0) is 34.4. The zero-order valence-corrected chi connectivity index (χ0v) is 29.3. The van der Waals surface area contributed by atoms with Crippen LogP contribution >= 0.6 is 11.6 Å². The SMILES string of the molecule is CC(Oc1ccc(S(=O)(=O)c2ccc(Oc3ccccc3)cc2)cc1)C(=O)NC(C)(C)C(C)(C)c1nnc2c(Cl)c(C(C)(C)C)[nH]n12. The molecule has 47 heavy (non-hydrogen) atoms. The molecule has 12 heteroatoms. The molecule has 2 heterocycles. The van der Waals surface area contributed by atoms with Crippen molar-refractivity contribution in [2.45, 2.75) is 87.7 Å². The van der Waals surface area contributed by atoms with E-state index in [2.05, 4.69) is 41.4 Å². The van der Waals surface area contributed by atoms with Gasteiger partial charge in [-0.25, -0.2) is 12.9 Å². The van der Waals surface area contributed by atoms with Crippen molar-refractivity contribution >= 4 is 33.0 Å². The normalized spacial score (nSPS) is 13.4. The average Bonchev–Trinajstić information content (AvgIpc) is 3.58. The zero-order valence-electron chi connectivity index (χ0n) is 27.8. The van der Waals surface area contributed by atoms with Gasteiger partial charge in [-0.3, -0.25) is 9.89 Å². The van der Waals surface area contributed by atoms with Crippen molar-refractivity contribution in [1.82, 2.24) is 25.1 Å². The van der Waals surface area contributed by atoms with Crippen LogP contribution in [0.15, 0.2) is 88.7 Å². The largest absolute Gasteiger partial charge is 0.481 e. The first-order chi connectivity index (χ1) is 21.9. The Morgan fingerprint density at radius 2 is 1.36 bits per heavy atom. The molecule has 3 aromatic carbocycles. The number of H-pyrrole nitrogens is 1. The molecular formula is C35H40ClN5O5S. The van der Waals surface area contributed by atoms with Gasteiger partial charge in [0.05, 0.1) is 15.5 Å². The van der Waals surface area contributed by atoms with Crippen LogP contribution < -0.4 is 14.8 Å². The number of carbonyl (C=O) groups excluding carboxylic acids is 1. The number of rotatable bonds is 10. The Balaban J connectivity index is 1.25. The topological polar surface area (TPSA) is 128 Å². The quantitative estimate of drug-likeness (QED) is 0.159. The number of hydrogen-bond acceptors (Lipinski definition) is 7. The van der Waals surface area contributed by atoms with E-state index >= 15 is 0 Å². The molecule has 0 saturated carbocycles. The Morgan fingerprint density at radius 3 is 1.91 bits per heavy atom. The summed E-state index contributed by atoms with van der Waals surface area (Å²) in [5.74, 6) is 1.79. The molecular weight excluding hydrogens is 638 g/mol. The number of aromatic amines is 1. The van der Waals surface area contributed by atoms with Gasteiger partial charge in [0.1, 0.15) is 22.3 Å². The van der Waals surface area contributed by atoms with Gasteiger partial charge in [0.2, 0.25) is 9.84 Å². The van der Waals surface area contributed by atoms with Gasteiger partial charge in [-0.05, 0) is 81.4 Å². The highest BCUT2D eigenvalue weighted by Gasteiger charge is 2.44. The molecule has 0 bridgehead atoms. The third-order valence-corrected chi connectivity index (χ3v) is 10.7. The molecule has 5 aromatic rings. The monoisotopic (exact) mass is 677 g/mol. The Hall–Kier alpha value is -4.35. The molecule has 1 atom stereocenters. The minimum Gasteiger partial charge on any atom is -0.481 e. The molecule has 0 spiro atoms. The molecule has 0 saturated heterocycles. The van der Waals surface area contributed by atoms with E-state index in [4.69, 9.17) is 21.1 Å². The minimum absolute atomic E-state index is 0.0974. The highest BCUT2D eigenvalue weighted by molar-refractivity contribution is 7.91. The van der Waals surface area contributed by atoms with Gasteiger partial charge in [-0.2, -0.15) is 0 Å². The van der Waals surface area contributed by atoms with Crippen LogP contribution in [0.3, 0.4) is 0 Å². The number of sulfone groups is 1. The van der Waals surface area contributed by atoms with Gasteiger partial charge in [0.25, 0.3) is 5.91 Å². The highest BCUT2D eigenvalue weighted by Crippen LogP contribution is 2.37. The number of benzene rings is 3. The first-order valence-electron chi connectivity index (χ1n) is 15.2. The second kappa shape index (κ2) is 12.4. The lowest BCUT2D eigenvalue weighted by Crippen LogP contribution is -2.58. The number of aromatic nitrogens is 4. The Morgan fingerprint density at radius 1 is 0.830 bits per heavy atom. The first kappa shape index (κ1) is 34.0. The molecule has 0 aliphatic rings. The summed E-state index contributed by atoms with van der Waals surface area (Å²) in [7, 11) is -3.79. The van der Waals surface area contributed by atoms with Crippen LogP contribution in [0.25, 0.3) is 5.65 Å². The molecule has 5 rings (SSSR count). The standard InChI is InChI=1S/C35H40ClN5O5S/c1-22(31(42)37-35(7,8)34(5,6)32-39-38-30-28(36)29(33(2,3)4)40-41(30)32)45-24-14-18-26(19-15-24)47(43,44)27-20-16-25(17-21-27)46-23-12-10-9-11-13-23/h9-22,40H,1-8H3,(H,37,42). The number of halogens is 1. The molecule has 248 valence electrons. The van der Waals surface area contributed by atoms with E-state index in [1.54, 1.807) is 23.6 Å². The van der Waals surface area contributed by atoms with Gasteiger partial charge >= 0.3 is 0 Å². The smallest absolute Gasteiger partial charge is 0.261 e. The van der Waals surface area contributed by atoms with Gasteiger partial charge in [-0.15, -0.1) is 10.2 Å². The molecule has 0 fully saturated rings. The maximum absolute atomic E-state index is 13.4. The number of nitrogens with one attached hydrogen (secondary N) is 2. The third-order valence-electron chi connectivity index (χ3n) is 8.54. The number of nitrogens with zero attached hydrogens (tertiary/aromatic N) is 3. The van der Waals surface area contributed by atoms with Gasteiger partial charge in [-0.1, -0.05) is 64.4 Å². The number of hydrogen-bond donors (Lipinski definition) is 2. The van der Waals surface area contributed by atoms with Gasteiger partial charge in [0, 0.05) is 16.4 Å². The summed E-state index contributed by atoms with van der Waals surface area (Å²) in [5.41, 5.74) is -0.369. The molecule has 0 aliphatic carbocycles. The van der Waals surface area contributed by atoms with Crippen molar-refractivity contribution in [2.24, 2.45) is 0 Å². The Kier molecular flexibility index (Phi) is 8.93. The van der Waals surface area contributed by atoms with E-state index < -0.39 is 26.9 Å². The van der Waals surface area contributed by atoms with Crippen LogP contribution in [0.5, 0.6) is 17.2 Å². The number of fused-ring (bicyclic) bond motifs is 1. The molecule has 2 aromatic heterocycles. The molecule has 2 N–H and O–H groups in total. The highest BCUT2D eigenvalue weighted by atomic mass is 35.5. The predicted octanol–water partition coefficient (Wildman–Crippen LogP) is 7.27. The van der Waals surface area contributed by atoms with E-state index in [0.717, 1.165) is 5.69 Å². The Bertz CT molecular complexity index is 1990. The van der Waals surface area contributed by atoms with Crippen molar-refractivity contribution in [3.05, 3.63) is 95.4 Å². The van der Waals surface area contributed by atoms with E-state index in [9.17, 15) is 13.2 Å². The third kappa shape index (κ3) is 6.73. The maximum Gasteiger partial charge on any atom is 0.261 e. The summed E-state index contributed by atoms with van der Waals surface area (Å²) in [6.45, 7) is 15.6. The average molecular weight is 678 g/mol. The van der Waals surface area contributed by atoms with Gasteiger partial charge in [0.15, 0.2) is 17.6 Å². The van der Waals surface area contributed by atoms with Crippen LogP contribution in [0.2, 0.25) is 5.02 Å². The van der Waals surface area contributed by atoms with E-state index in [1.807, 2.05) is 58.0 Å². The van der Waals surface area contributed by atoms with Crippen LogP contribution in [-0.2, 0) is 25.5 Å². The number of carbonyl (C=O) groups is 1. The van der Waals surface area contributed by atoms with Crippen molar-refractivity contribution < 1.29 is 22.7 Å². The van der Waals surface area contributed by atoms with E-state index in [1.165, 1.54) is 36.4 Å². The first-order valence-corrected chi connectivity index (χ1v) is 17.1. The molecule has 10 nitrogen and oxygen atoms in total. The van der Waals surface area contributed by atoms with Crippen LogP contribution in [0.1, 0.15) is 66.9 Å². The van der Waals surface area contributed by atoms with Crippen molar-refractivity contribution in [1.29, 1.82) is 0 Å². The lowest BCUT2D eigenvalue weighted by atomic mass is 9.73. The summed E-state index contributed by atoms with van der Waals surface area (Å²) in [6, 6.07) is 21.5. The van der Waals surface area contributed by atoms with E-state index in [0.29, 0.717) is 33.7 Å². The maximum atomic E-state index is 13.4. The summed E-state index contributed by atoms with van der Waals surface area (Å²) in [5, 5.41) is 15.7. The lowest BCUT2D eigenvalue weighted by Gasteiger charge is -2.41. The summed E-state index contributed by atoms with van der Waals surface area (Å²) in [6.07, 6.45) is -0.879. The van der Waals surface area contributed by atoms with Gasteiger partial charge < -0.3 is 14.8 Å². The second-order valence-electron chi connectivity index (χ2n) is 13.6. The molecule has 1 amide bonds. The summed E-state index contributed by atoms with van der Waals surface area (Å²) >= 11 is 6.64. The minimum atomic E-state index is -3.79. The molecule has 0 radical (unpaired) electrons. The lowest BCUT2D eigenvalue weighted by molar-refractivity contribution is -0.129. The number of para-hydroxylation sites is 1. The molecule has 0 aliphatic heterocycles. The van der Waals surface area contributed by atoms with Crippen LogP contribution in [0, 0.1) is 0 Å².